The van der Waals surface area contributed by atoms with Crippen molar-refractivity contribution in [1.82, 2.24) is 0 Å². The number of cyclic esters (lactones) is 2. The molecule has 0 saturated carbocycles. The molecule has 0 unspecified atom stereocenters. The van der Waals surface area contributed by atoms with Crippen molar-refractivity contribution in [1.29, 1.82) is 0 Å². The zero-order valence-electron chi connectivity index (χ0n) is 15.2. The summed E-state index contributed by atoms with van der Waals surface area (Å²) in [7, 11) is 0. The van der Waals surface area contributed by atoms with Crippen molar-refractivity contribution in [3.05, 3.63) is 29.8 Å². The first kappa shape index (κ1) is 16.4. The van der Waals surface area contributed by atoms with E-state index in [4.69, 9.17) is 9.47 Å². The topological polar surface area (TPSA) is 55.8 Å². The summed E-state index contributed by atoms with van der Waals surface area (Å²) in [5, 5.41) is 0. The first-order valence-electron chi connectivity index (χ1n) is 9.06. The molecule has 3 heterocycles. The SMILES string of the molecule is C[C@H]1C[C@@H](C)[C@H]2N(C1)c1ccccc1CC21C(=O)OC(C)(C)OC1=O. The van der Waals surface area contributed by atoms with E-state index in [0.717, 1.165) is 24.2 Å². The predicted molar refractivity (Wildman–Crippen MR) is 92.9 cm³/mol. The van der Waals surface area contributed by atoms with Crippen LogP contribution in [0.5, 0.6) is 0 Å². The molecular formula is C20H25NO4. The molecule has 0 aromatic heterocycles. The number of nitrogens with zero attached hydrogens (tertiary/aromatic N) is 1. The molecule has 134 valence electrons. The summed E-state index contributed by atoms with van der Waals surface area (Å²) in [6.45, 7) is 8.39. The van der Waals surface area contributed by atoms with Crippen molar-refractivity contribution in [2.24, 2.45) is 17.3 Å². The van der Waals surface area contributed by atoms with Crippen molar-refractivity contribution in [3.63, 3.8) is 0 Å². The Morgan fingerprint density at radius 2 is 1.72 bits per heavy atom. The van der Waals surface area contributed by atoms with E-state index < -0.39 is 23.1 Å². The van der Waals surface area contributed by atoms with E-state index in [1.807, 2.05) is 18.2 Å². The van der Waals surface area contributed by atoms with Gasteiger partial charge < -0.3 is 14.4 Å². The fraction of sp³-hybridized carbons (Fsp3) is 0.600. The highest BCUT2D eigenvalue weighted by Gasteiger charge is 2.65. The van der Waals surface area contributed by atoms with Gasteiger partial charge in [-0.1, -0.05) is 32.0 Å². The van der Waals surface area contributed by atoms with Gasteiger partial charge in [0, 0.05) is 32.5 Å². The van der Waals surface area contributed by atoms with Gasteiger partial charge >= 0.3 is 11.9 Å². The lowest BCUT2D eigenvalue weighted by atomic mass is 9.63. The Morgan fingerprint density at radius 3 is 2.40 bits per heavy atom. The molecule has 2 saturated heterocycles. The van der Waals surface area contributed by atoms with Crippen molar-refractivity contribution in [2.75, 3.05) is 11.4 Å². The predicted octanol–water partition coefficient (Wildman–Crippen LogP) is 2.92. The quantitative estimate of drug-likeness (QED) is 0.535. The molecule has 3 aliphatic heterocycles. The van der Waals surface area contributed by atoms with E-state index in [1.54, 1.807) is 13.8 Å². The highest BCUT2D eigenvalue weighted by atomic mass is 16.7. The number of hydrogen-bond donors (Lipinski definition) is 0. The van der Waals surface area contributed by atoms with Crippen LogP contribution in [0.2, 0.25) is 0 Å². The number of ether oxygens (including phenoxy) is 2. The number of piperidine rings is 1. The number of benzene rings is 1. The van der Waals surface area contributed by atoms with Gasteiger partial charge in [-0.2, -0.15) is 0 Å². The van der Waals surface area contributed by atoms with E-state index in [9.17, 15) is 9.59 Å². The number of hydrogen-bond acceptors (Lipinski definition) is 5. The van der Waals surface area contributed by atoms with Crippen LogP contribution in [0.15, 0.2) is 24.3 Å². The van der Waals surface area contributed by atoms with E-state index in [1.165, 1.54) is 0 Å². The molecule has 0 radical (unpaired) electrons. The Hall–Kier alpha value is -2.04. The van der Waals surface area contributed by atoms with Crippen LogP contribution in [0.3, 0.4) is 0 Å². The zero-order chi connectivity index (χ0) is 18.0. The van der Waals surface area contributed by atoms with Crippen LogP contribution < -0.4 is 4.90 Å². The number of esters is 2. The molecule has 0 N–H and O–H groups in total. The average Bonchev–Trinajstić information content (AvgIpc) is 2.51. The molecule has 1 spiro atoms. The normalized spacial score (nSPS) is 32.5. The van der Waals surface area contributed by atoms with Crippen LogP contribution in [-0.4, -0.2) is 30.3 Å². The van der Waals surface area contributed by atoms with Crippen molar-refractivity contribution >= 4 is 17.6 Å². The lowest BCUT2D eigenvalue weighted by Crippen LogP contribution is -2.69. The third-order valence-electron chi connectivity index (χ3n) is 5.84. The monoisotopic (exact) mass is 343 g/mol. The second-order valence-electron chi connectivity index (χ2n) is 8.37. The standard InChI is InChI=1S/C20H25NO4/c1-12-9-13(2)16-20(17(22)24-19(3,4)25-18(20)23)10-14-7-5-6-8-15(14)21(16)11-12/h5-8,12-13,16H,9-11H2,1-4H3/t12-,13+,16+/m0/s1. The molecule has 0 aliphatic carbocycles. The molecule has 5 heteroatoms. The number of carbonyl (C=O) groups is 2. The Kier molecular flexibility index (Phi) is 3.44. The number of fused-ring (bicyclic) bond motifs is 4. The second-order valence-corrected chi connectivity index (χ2v) is 8.37. The fourth-order valence-corrected chi connectivity index (χ4v) is 5.06. The van der Waals surface area contributed by atoms with E-state index >= 15 is 0 Å². The van der Waals surface area contributed by atoms with Gasteiger partial charge in [0.2, 0.25) is 0 Å². The lowest BCUT2D eigenvalue weighted by Gasteiger charge is -2.56. The first-order valence-corrected chi connectivity index (χ1v) is 9.06. The van der Waals surface area contributed by atoms with Gasteiger partial charge in [-0.15, -0.1) is 0 Å². The summed E-state index contributed by atoms with van der Waals surface area (Å²) in [6.07, 6.45) is 1.33. The van der Waals surface area contributed by atoms with E-state index in [-0.39, 0.29) is 12.0 Å². The molecule has 1 aromatic rings. The van der Waals surface area contributed by atoms with Crippen LogP contribution >= 0.6 is 0 Å². The molecular weight excluding hydrogens is 318 g/mol. The maximum Gasteiger partial charge on any atom is 0.329 e. The second kappa shape index (κ2) is 5.23. The van der Waals surface area contributed by atoms with Crippen molar-refractivity contribution in [3.8, 4) is 0 Å². The van der Waals surface area contributed by atoms with Gasteiger partial charge in [0.05, 0.1) is 6.04 Å². The minimum Gasteiger partial charge on any atom is -0.422 e. The van der Waals surface area contributed by atoms with Crippen LogP contribution in [0.1, 0.15) is 39.7 Å². The van der Waals surface area contributed by atoms with Gasteiger partial charge in [0.1, 0.15) is 0 Å². The summed E-state index contributed by atoms with van der Waals surface area (Å²) in [6, 6.07) is 7.82. The van der Waals surface area contributed by atoms with Crippen LogP contribution in [-0.2, 0) is 25.5 Å². The highest BCUT2D eigenvalue weighted by molar-refractivity contribution is 6.04. The fourth-order valence-electron chi connectivity index (χ4n) is 5.06. The van der Waals surface area contributed by atoms with Gasteiger partial charge in [0.25, 0.3) is 5.79 Å². The molecule has 0 bridgehead atoms. The molecule has 3 aliphatic rings. The Balaban J connectivity index is 1.89. The van der Waals surface area contributed by atoms with Crippen LogP contribution in [0, 0.1) is 17.3 Å². The number of rotatable bonds is 0. The maximum atomic E-state index is 13.1. The molecule has 1 aromatic carbocycles. The largest absolute Gasteiger partial charge is 0.422 e. The number of para-hydroxylation sites is 1. The molecule has 25 heavy (non-hydrogen) atoms. The van der Waals surface area contributed by atoms with Crippen LogP contribution in [0.4, 0.5) is 5.69 Å². The smallest absolute Gasteiger partial charge is 0.329 e. The summed E-state index contributed by atoms with van der Waals surface area (Å²) in [4.78, 5) is 28.5. The molecule has 0 amide bonds. The highest BCUT2D eigenvalue weighted by Crippen LogP contribution is 2.51. The zero-order valence-corrected chi connectivity index (χ0v) is 15.2. The van der Waals surface area contributed by atoms with Crippen molar-refractivity contribution < 1.29 is 19.1 Å². The summed E-state index contributed by atoms with van der Waals surface area (Å²) in [5.74, 6) is -1.40. The minimum atomic E-state index is -1.27. The Morgan fingerprint density at radius 1 is 1.08 bits per heavy atom. The average molecular weight is 343 g/mol. The lowest BCUT2D eigenvalue weighted by molar-refractivity contribution is -0.254. The number of anilines is 1. The molecule has 5 nitrogen and oxygen atoms in total. The van der Waals surface area contributed by atoms with Crippen molar-refractivity contribution in [2.45, 2.75) is 52.4 Å². The van der Waals surface area contributed by atoms with Gasteiger partial charge in [0.15, 0.2) is 5.41 Å². The van der Waals surface area contributed by atoms with Gasteiger partial charge in [-0.25, -0.2) is 0 Å². The molecule has 3 atom stereocenters. The Bertz CT molecular complexity index is 721. The Labute approximate surface area is 148 Å². The molecule has 4 rings (SSSR count). The van der Waals surface area contributed by atoms with Crippen LogP contribution in [0.25, 0.3) is 0 Å². The van der Waals surface area contributed by atoms with E-state index in [2.05, 4.69) is 24.8 Å². The summed E-state index contributed by atoms with van der Waals surface area (Å²) < 4.78 is 11.1. The van der Waals surface area contributed by atoms with Gasteiger partial charge in [-0.3, -0.25) is 9.59 Å². The summed E-state index contributed by atoms with van der Waals surface area (Å²) >= 11 is 0. The first-order chi connectivity index (χ1) is 11.7. The summed E-state index contributed by atoms with van der Waals surface area (Å²) in [5.41, 5.74) is 0.860. The number of carbonyl (C=O) groups excluding carboxylic acids is 2. The third kappa shape index (κ3) is 2.28. The minimum absolute atomic E-state index is 0.193. The molecule has 2 fully saturated rings. The third-order valence-corrected chi connectivity index (χ3v) is 5.84. The van der Waals surface area contributed by atoms with Gasteiger partial charge in [-0.05, 0) is 29.9 Å². The maximum absolute atomic E-state index is 13.1. The van der Waals surface area contributed by atoms with E-state index in [0.29, 0.717) is 12.3 Å².